The molecule has 0 fully saturated rings. The van der Waals surface area contributed by atoms with E-state index < -0.39 is 0 Å². The lowest BCUT2D eigenvalue weighted by Crippen LogP contribution is -2.37. The van der Waals surface area contributed by atoms with Crippen molar-refractivity contribution in [2.75, 3.05) is 6.61 Å². The smallest absolute Gasteiger partial charge is 0.137 e. The first kappa shape index (κ1) is 15.0. The molecule has 2 unspecified atom stereocenters. The molecule has 0 amide bonds. The van der Waals surface area contributed by atoms with Crippen molar-refractivity contribution in [1.29, 1.82) is 0 Å². The van der Waals surface area contributed by atoms with E-state index in [1.54, 1.807) is 0 Å². The Bertz CT molecular complexity index is 544. The van der Waals surface area contributed by atoms with Gasteiger partial charge in [-0.3, -0.25) is 5.84 Å². The second kappa shape index (κ2) is 6.88. The fourth-order valence-corrected chi connectivity index (χ4v) is 2.60. The zero-order valence-corrected chi connectivity index (χ0v) is 12.5. The van der Waals surface area contributed by atoms with E-state index >= 15 is 0 Å². The maximum Gasteiger partial charge on any atom is 0.137 e. The predicted octanol–water partition coefficient (Wildman–Crippen LogP) is 3.45. The second-order valence-electron chi connectivity index (χ2n) is 5.07. The normalized spacial score (nSPS) is 14.6. The molecule has 2 rings (SSSR count). The molecule has 0 radical (unpaired) electrons. The summed E-state index contributed by atoms with van der Waals surface area (Å²) < 4.78 is 11.8. The summed E-state index contributed by atoms with van der Waals surface area (Å²) in [7, 11) is 0. The molecular formula is C16H24N2O2. The average molecular weight is 276 g/mol. The Balaban J connectivity index is 2.34. The SMILES string of the molecule is CCCC(OCC)C(NN)c1cc2cccc(C)c2o1. The minimum absolute atomic E-state index is 0.0240. The van der Waals surface area contributed by atoms with E-state index in [9.17, 15) is 0 Å². The maximum absolute atomic E-state index is 6.00. The molecule has 110 valence electrons. The van der Waals surface area contributed by atoms with Gasteiger partial charge in [-0.1, -0.05) is 31.5 Å². The zero-order chi connectivity index (χ0) is 14.5. The number of hydrazine groups is 1. The minimum Gasteiger partial charge on any atom is -0.459 e. The van der Waals surface area contributed by atoms with Gasteiger partial charge in [-0.15, -0.1) is 0 Å². The van der Waals surface area contributed by atoms with Gasteiger partial charge in [0.25, 0.3) is 0 Å². The first-order chi connectivity index (χ1) is 9.71. The molecular weight excluding hydrogens is 252 g/mol. The first-order valence-electron chi connectivity index (χ1n) is 7.28. The van der Waals surface area contributed by atoms with Crippen molar-refractivity contribution in [2.24, 2.45) is 5.84 Å². The Labute approximate surface area is 120 Å². The number of para-hydroxylation sites is 1. The van der Waals surface area contributed by atoms with Crippen LogP contribution in [0, 0.1) is 6.92 Å². The van der Waals surface area contributed by atoms with Crippen LogP contribution in [-0.2, 0) is 4.74 Å². The van der Waals surface area contributed by atoms with Crippen LogP contribution in [0.4, 0.5) is 0 Å². The minimum atomic E-state index is -0.123. The van der Waals surface area contributed by atoms with Crippen LogP contribution in [0.5, 0.6) is 0 Å². The first-order valence-corrected chi connectivity index (χ1v) is 7.28. The molecule has 1 aromatic heterocycles. The van der Waals surface area contributed by atoms with Gasteiger partial charge in [-0.2, -0.15) is 0 Å². The highest BCUT2D eigenvalue weighted by atomic mass is 16.5. The van der Waals surface area contributed by atoms with Crippen LogP contribution in [0.2, 0.25) is 0 Å². The van der Waals surface area contributed by atoms with Gasteiger partial charge in [-0.05, 0) is 31.9 Å². The number of hydrogen-bond donors (Lipinski definition) is 2. The summed E-state index contributed by atoms with van der Waals surface area (Å²) in [6.07, 6.45) is 2.01. The Morgan fingerprint density at radius 2 is 2.15 bits per heavy atom. The molecule has 1 heterocycles. The quantitative estimate of drug-likeness (QED) is 0.600. The van der Waals surface area contributed by atoms with Crippen LogP contribution in [0.3, 0.4) is 0 Å². The number of hydrogen-bond acceptors (Lipinski definition) is 4. The van der Waals surface area contributed by atoms with Crippen molar-refractivity contribution in [1.82, 2.24) is 5.43 Å². The van der Waals surface area contributed by atoms with E-state index in [0.717, 1.165) is 35.1 Å². The Hall–Kier alpha value is -1.36. The molecule has 2 aromatic rings. The summed E-state index contributed by atoms with van der Waals surface area (Å²) >= 11 is 0. The Morgan fingerprint density at radius 3 is 2.75 bits per heavy atom. The van der Waals surface area contributed by atoms with Gasteiger partial charge >= 0.3 is 0 Å². The largest absolute Gasteiger partial charge is 0.459 e. The molecule has 0 bridgehead atoms. The van der Waals surface area contributed by atoms with Crippen molar-refractivity contribution < 1.29 is 9.15 Å². The molecule has 4 nitrogen and oxygen atoms in total. The molecule has 1 aromatic carbocycles. The maximum atomic E-state index is 6.00. The number of ether oxygens (including phenoxy) is 1. The number of furan rings is 1. The summed E-state index contributed by atoms with van der Waals surface area (Å²) in [4.78, 5) is 0. The van der Waals surface area contributed by atoms with Crippen LogP contribution in [0.25, 0.3) is 11.0 Å². The van der Waals surface area contributed by atoms with Crippen LogP contribution >= 0.6 is 0 Å². The van der Waals surface area contributed by atoms with Crippen LogP contribution in [0.1, 0.15) is 44.1 Å². The van der Waals surface area contributed by atoms with Gasteiger partial charge in [0.2, 0.25) is 0 Å². The molecule has 0 spiro atoms. The zero-order valence-electron chi connectivity index (χ0n) is 12.5. The van der Waals surface area contributed by atoms with Gasteiger partial charge in [0.1, 0.15) is 17.4 Å². The highest BCUT2D eigenvalue weighted by Gasteiger charge is 2.25. The topological polar surface area (TPSA) is 60.4 Å². The molecule has 0 aliphatic rings. The van der Waals surface area contributed by atoms with E-state index in [-0.39, 0.29) is 12.1 Å². The summed E-state index contributed by atoms with van der Waals surface area (Å²) in [6, 6.07) is 8.06. The molecule has 0 saturated heterocycles. The number of fused-ring (bicyclic) bond motifs is 1. The fourth-order valence-electron chi connectivity index (χ4n) is 2.60. The van der Waals surface area contributed by atoms with Gasteiger partial charge in [-0.25, -0.2) is 5.43 Å². The number of aryl methyl sites for hydroxylation is 1. The lowest BCUT2D eigenvalue weighted by molar-refractivity contribution is 0.0225. The van der Waals surface area contributed by atoms with Crippen LogP contribution < -0.4 is 11.3 Å². The average Bonchev–Trinajstić information content (AvgIpc) is 2.85. The van der Waals surface area contributed by atoms with E-state index in [4.69, 9.17) is 15.0 Å². The Morgan fingerprint density at radius 1 is 1.35 bits per heavy atom. The molecule has 0 aliphatic carbocycles. The molecule has 2 atom stereocenters. The predicted molar refractivity (Wildman–Crippen MR) is 81.3 cm³/mol. The molecule has 0 saturated carbocycles. The van der Waals surface area contributed by atoms with Crippen molar-refractivity contribution in [3.05, 3.63) is 35.6 Å². The third-order valence-corrected chi connectivity index (χ3v) is 3.57. The van der Waals surface area contributed by atoms with Crippen molar-refractivity contribution in [2.45, 2.75) is 45.8 Å². The monoisotopic (exact) mass is 276 g/mol. The van der Waals surface area contributed by atoms with Crippen LogP contribution in [-0.4, -0.2) is 12.7 Å². The molecule has 0 aliphatic heterocycles. The molecule has 3 N–H and O–H groups in total. The summed E-state index contributed by atoms with van der Waals surface area (Å²) in [5, 5.41) is 1.10. The van der Waals surface area contributed by atoms with Gasteiger partial charge in [0.05, 0.1) is 6.10 Å². The highest BCUT2D eigenvalue weighted by Crippen LogP contribution is 2.29. The third-order valence-electron chi connectivity index (χ3n) is 3.57. The van der Waals surface area contributed by atoms with Gasteiger partial charge in [0, 0.05) is 12.0 Å². The lowest BCUT2D eigenvalue weighted by Gasteiger charge is -2.24. The van der Waals surface area contributed by atoms with E-state index in [2.05, 4.69) is 24.5 Å². The number of nitrogens with one attached hydrogen (secondary N) is 1. The van der Waals surface area contributed by atoms with Crippen molar-refractivity contribution in [3.63, 3.8) is 0 Å². The summed E-state index contributed by atoms with van der Waals surface area (Å²) in [6.45, 7) is 6.86. The fraction of sp³-hybridized carbons (Fsp3) is 0.500. The van der Waals surface area contributed by atoms with Gasteiger partial charge in [0.15, 0.2) is 0 Å². The van der Waals surface area contributed by atoms with E-state index in [0.29, 0.717) is 6.61 Å². The summed E-state index contributed by atoms with van der Waals surface area (Å²) in [5.41, 5.74) is 4.91. The van der Waals surface area contributed by atoms with E-state index in [1.165, 1.54) is 0 Å². The number of rotatable bonds is 7. The van der Waals surface area contributed by atoms with Crippen LogP contribution in [0.15, 0.2) is 28.7 Å². The van der Waals surface area contributed by atoms with Crippen molar-refractivity contribution >= 4 is 11.0 Å². The number of nitrogens with two attached hydrogens (primary N) is 1. The van der Waals surface area contributed by atoms with Crippen molar-refractivity contribution in [3.8, 4) is 0 Å². The number of benzene rings is 1. The third kappa shape index (κ3) is 3.03. The summed E-state index contributed by atoms with van der Waals surface area (Å²) in [5.74, 6) is 6.57. The van der Waals surface area contributed by atoms with E-state index in [1.807, 2.05) is 26.0 Å². The lowest BCUT2D eigenvalue weighted by atomic mass is 10.0. The molecule has 4 heteroatoms. The second-order valence-corrected chi connectivity index (χ2v) is 5.07. The van der Waals surface area contributed by atoms with Gasteiger partial charge < -0.3 is 9.15 Å². The standard InChI is InChI=1S/C16H24N2O2/c1-4-7-13(19-5-2)15(18-17)14-10-12-9-6-8-11(3)16(12)20-14/h6,8-10,13,15,18H,4-5,7,17H2,1-3H3. The Kier molecular flexibility index (Phi) is 5.17. The molecule has 20 heavy (non-hydrogen) atoms. The highest BCUT2D eigenvalue weighted by molar-refractivity contribution is 5.81.